The number of halogens is 3. The van der Waals surface area contributed by atoms with Crippen LogP contribution in [0, 0.1) is 0 Å². The maximum atomic E-state index is 12.2. The van der Waals surface area contributed by atoms with Crippen molar-refractivity contribution in [3.8, 4) is 0 Å². The Bertz CT molecular complexity index is 205. The minimum Gasteiger partial charge on any atom is -0.377 e. The number of rotatable bonds is 6. The van der Waals surface area contributed by atoms with Crippen molar-refractivity contribution in [3.63, 3.8) is 0 Å². The van der Waals surface area contributed by atoms with Crippen molar-refractivity contribution in [2.24, 2.45) is 0 Å². The molecule has 102 valence electrons. The SMILES string of the molecule is CCN(CCOC1CCNCC1)CC(F)(F)F. The Kier molecular flexibility index (Phi) is 6.22. The molecule has 1 aliphatic rings. The molecule has 1 rings (SSSR count). The van der Waals surface area contributed by atoms with Gasteiger partial charge in [0.25, 0.3) is 0 Å². The van der Waals surface area contributed by atoms with Gasteiger partial charge in [0.05, 0.1) is 19.3 Å². The fourth-order valence-corrected chi connectivity index (χ4v) is 1.91. The zero-order valence-corrected chi connectivity index (χ0v) is 10.2. The van der Waals surface area contributed by atoms with E-state index in [0.717, 1.165) is 25.9 Å². The molecule has 0 aromatic carbocycles. The zero-order chi connectivity index (χ0) is 12.7. The van der Waals surface area contributed by atoms with Crippen LogP contribution in [0.15, 0.2) is 0 Å². The Hall–Kier alpha value is -0.330. The summed E-state index contributed by atoms with van der Waals surface area (Å²) in [5.74, 6) is 0. The van der Waals surface area contributed by atoms with Crippen LogP contribution in [0.5, 0.6) is 0 Å². The first kappa shape index (κ1) is 14.7. The average molecular weight is 254 g/mol. The third kappa shape index (κ3) is 6.85. The third-order valence-corrected chi connectivity index (χ3v) is 2.90. The highest BCUT2D eigenvalue weighted by Gasteiger charge is 2.29. The molecular weight excluding hydrogens is 233 g/mol. The van der Waals surface area contributed by atoms with Gasteiger partial charge < -0.3 is 10.1 Å². The van der Waals surface area contributed by atoms with Gasteiger partial charge in [-0.3, -0.25) is 4.90 Å². The number of hydrogen-bond donors (Lipinski definition) is 1. The fourth-order valence-electron chi connectivity index (χ4n) is 1.91. The van der Waals surface area contributed by atoms with Crippen molar-refractivity contribution in [2.45, 2.75) is 32.0 Å². The molecule has 1 aliphatic heterocycles. The van der Waals surface area contributed by atoms with Gasteiger partial charge in [0.2, 0.25) is 0 Å². The van der Waals surface area contributed by atoms with Crippen LogP contribution in [-0.4, -0.2) is 56.5 Å². The minimum atomic E-state index is -4.12. The third-order valence-electron chi connectivity index (χ3n) is 2.90. The minimum absolute atomic E-state index is 0.209. The summed E-state index contributed by atoms with van der Waals surface area (Å²) in [6.45, 7) is 3.88. The molecule has 1 fully saturated rings. The summed E-state index contributed by atoms with van der Waals surface area (Å²) in [5, 5.41) is 3.22. The number of ether oxygens (including phenoxy) is 1. The van der Waals surface area contributed by atoms with E-state index in [0.29, 0.717) is 19.7 Å². The van der Waals surface area contributed by atoms with E-state index in [1.165, 1.54) is 4.90 Å². The predicted molar refractivity (Wildman–Crippen MR) is 60.0 cm³/mol. The Morgan fingerprint density at radius 2 is 1.94 bits per heavy atom. The van der Waals surface area contributed by atoms with Gasteiger partial charge in [-0.25, -0.2) is 0 Å². The molecule has 0 aromatic rings. The molecule has 0 amide bonds. The molecule has 0 aliphatic carbocycles. The molecule has 17 heavy (non-hydrogen) atoms. The van der Waals surface area contributed by atoms with Gasteiger partial charge in [0.15, 0.2) is 0 Å². The van der Waals surface area contributed by atoms with E-state index in [1.54, 1.807) is 6.92 Å². The summed E-state index contributed by atoms with van der Waals surface area (Å²) in [6.07, 6.45) is -2.01. The Balaban J connectivity index is 2.14. The first-order chi connectivity index (χ1) is 8.01. The molecular formula is C11H21F3N2O. The first-order valence-corrected chi connectivity index (χ1v) is 6.12. The van der Waals surface area contributed by atoms with Gasteiger partial charge in [0, 0.05) is 6.54 Å². The van der Waals surface area contributed by atoms with E-state index in [9.17, 15) is 13.2 Å². The monoisotopic (exact) mass is 254 g/mol. The fraction of sp³-hybridized carbons (Fsp3) is 1.00. The predicted octanol–water partition coefficient (Wildman–Crippen LogP) is 1.64. The molecule has 0 saturated carbocycles. The van der Waals surface area contributed by atoms with Gasteiger partial charge in [-0.15, -0.1) is 0 Å². The summed E-state index contributed by atoms with van der Waals surface area (Å²) < 4.78 is 42.1. The quantitative estimate of drug-likeness (QED) is 0.780. The summed E-state index contributed by atoms with van der Waals surface area (Å²) in [6, 6.07) is 0. The van der Waals surface area contributed by atoms with Crippen LogP contribution in [0.2, 0.25) is 0 Å². The Morgan fingerprint density at radius 3 is 2.47 bits per heavy atom. The molecule has 0 unspecified atom stereocenters. The van der Waals surface area contributed by atoms with E-state index in [4.69, 9.17) is 4.74 Å². The van der Waals surface area contributed by atoms with E-state index in [-0.39, 0.29) is 6.10 Å². The molecule has 0 radical (unpaired) electrons. The zero-order valence-electron chi connectivity index (χ0n) is 10.2. The van der Waals surface area contributed by atoms with Crippen molar-refractivity contribution < 1.29 is 17.9 Å². The number of nitrogens with zero attached hydrogens (tertiary/aromatic N) is 1. The molecule has 0 aromatic heterocycles. The standard InChI is InChI=1S/C11H21F3N2O/c1-2-16(9-11(12,13)14)7-8-17-10-3-5-15-6-4-10/h10,15H,2-9H2,1H3. The second kappa shape index (κ2) is 7.18. The van der Waals surface area contributed by atoms with Crippen LogP contribution in [0.1, 0.15) is 19.8 Å². The second-order valence-corrected chi connectivity index (χ2v) is 4.30. The maximum Gasteiger partial charge on any atom is 0.401 e. The van der Waals surface area contributed by atoms with E-state index in [1.807, 2.05) is 0 Å². The number of alkyl halides is 3. The molecule has 1 heterocycles. The van der Waals surface area contributed by atoms with E-state index < -0.39 is 12.7 Å². The lowest BCUT2D eigenvalue weighted by Gasteiger charge is -2.26. The Morgan fingerprint density at radius 1 is 1.29 bits per heavy atom. The summed E-state index contributed by atoms with van der Waals surface area (Å²) >= 11 is 0. The van der Waals surface area contributed by atoms with Crippen molar-refractivity contribution in [1.82, 2.24) is 10.2 Å². The molecule has 0 bridgehead atoms. The van der Waals surface area contributed by atoms with Crippen LogP contribution < -0.4 is 5.32 Å². The first-order valence-electron chi connectivity index (χ1n) is 6.12. The molecule has 6 heteroatoms. The summed E-state index contributed by atoms with van der Waals surface area (Å²) in [7, 11) is 0. The lowest BCUT2D eigenvalue weighted by atomic mass is 10.1. The summed E-state index contributed by atoms with van der Waals surface area (Å²) in [5.41, 5.74) is 0. The average Bonchev–Trinajstić information content (AvgIpc) is 2.27. The van der Waals surface area contributed by atoms with Crippen LogP contribution in [-0.2, 0) is 4.74 Å². The van der Waals surface area contributed by atoms with Gasteiger partial charge in [-0.2, -0.15) is 13.2 Å². The van der Waals surface area contributed by atoms with Crippen LogP contribution in [0.25, 0.3) is 0 Å². The normalized spacial score (nSPS) is 18.9. The molecule has 3 nitrogen and oxygen atoms in total. The van der Waals surface area contributed by atoms with Gasteiger partial charge in [-0.05, 0) is 32.5 Å². The number of piperidine rings is 1. The highest BCUT2D eigenvalue weighted by atomic mass is 19.4. The smallest absolute Gasteiger partial charge is 0.377 e. The van der Waals surface area contributed by atoms with Gasteiger partial charge in [0.1, 0.15) is 0 Å². The van der Waals surface area contributed by atoms with Crippen LogP contribution in [0.3, 0.4) is 0 Å². The van der Waals surface area contributed by atoms with Crippen LogP contribution in [0.4, 0.5) is 13.2 Å². The van der Waals surface area contributed by atoms with Gasteiger partial charge >= 0.3 is 6.18 Å². The number of hydrogen-bond acceptors (Lipinski definition) is 3. The Labute approximate surface area is 100 Å². The molecule has 1 N–H and O–H groups in total. The van der Waals surface area contributed by atoms with Crippen molar-refractivity contribution in [2.75, 3.05) is 39.3 Å². The summed E-state index contributed by atoms with van der Waals surface area (Å²) in [4.78, 5) is 1.36. The van der Waals surface area contributed by atoms with Crippen molar-refractivity contribution in [1.29, 1.82) is 0 Å². The number of likely N-dealkylation sites (N-methyl/N-ethyl adjacent to an activating group) is 1. The topological polar surface area (TPSA) is 24.5 Å². The number of nitrogens with one attached hydrogen (secondary N) is 1. The lowest BCUT2D eigenvalue weighted by Crippen LogP contribution is -2.38. The lowest BCUT2D eigenvalue weighted by molar-refractivity contribution is -0.147. The molecule has 0 spiro atoms. The van der Waals surface area contributed by atoms with Crippen molar-refractivity contribution in [3.05, 3.63) is 0 Å². The van der Waals surface area contributed by atoms with Crippen molar-refractivity contribution >= 4 is 0 Å². The highest BCUT2D eigenvalue weighted by molar-refractivity contribution is 4.69. The van der Waals surface area contributed by atoms with Crippen LogP contribution >= 0.6 is 0 Å². The molecule has 0 atom stereocenters. The van der Waals surface area contributed by atoms with E-state index >= 15 is 0 Å². The maximum absolute atomic E-state index is 12.2. The largest absolute Gasteiger partial charge is 0.401 e. The van der Waals surface area contributed by atoms with E-state index in [2.05, 4.69) is 5.32 Å². The molecule has 1 saturated heterocycles. The second-order valence-electron chi connectivity index (χ2n) is 4.30. The van der Waals surface area contributed by atoms with Gasteiger partial charge in [-0.1, -0.05) is 6.92 Å². The highest BCUT2D eigenvalue weighted by Crippen LogP contribution is 2.16.